The second-order valence-corrected chi connectivity index (χ2v) is 7.69. The quantitative estimate of drug-likeness (QED) is 0.539. The highest BCUT2D eigenvalue weighted by atomic mass is 16.7. The van der Waals surface area contributed by atoms with E-state index in [1.165, 1.54) is 12.0 Å². The molecular weight excluding hydrogens is 436 g/mol. The molecule has 0 aromatic heterocycles. The SMILES string of the molecule is COc1ccc(NC2=C(c3ccccc3)C(=O)N(Cc3ccc4c(c3)OCO4)C2=O)cc1OC. The minimum atomic E-state index is -0.420. The lowest BCUT2D eigenvalue weighted by Crippen LogP contribution is -2.32. The Morgan fingerprint density at radius 2 is 1.62 bits per heavy atom. The van der Waals surface area contributed by atoms with Crippen LogP contribution in [0.2, 0.25) is 0 Å². The van der Waals surface area contributed by atoms with Gasteiger partial charge in [0.05, 0.1) is 26.3 Å². The summed E-state index contributed by atoms with van der Waals surface area (Å²) < 4.78 is 21.4. The predicted octanol–water partition coefficient (Wildman–Crippen LogP) is 3.82. The van der Waals surface area contributed by atoms with Crippen molar-refractivity contribution in [1.82, 2.24) is 4.90 Å². The monoisotopic (exact) mass is 458 g/mol. The Kier molecular flexibility index (Phi) is 5.55. The molecule has 0 unspecified atom stereocenters. The number of anilines is 1. The fourth-order valence-electron chi connectivity index (χ4n) is 3.99. The number of hydrogen-bond donors (Lipinski definition) is 1. The minimum absolute atomic E-state index is 0.0990. The van der Waals surface area contributed by atoms with Crippen LogP contribution >= 0.6 is 0 Å². The summed E-state index contributed by atoms with van der Waals surface area (Å²) in [6.45, 7) is 0.251. The first-order valence-corrected chi connectivity index (χ1v) is 10.6. The zero-order valence-corrected chi connectivity index (χ0v) is 18.7. The number of benzene rings is 3. The molecule has 2 heterocycles. The predicted molar refractivity (Wildman–Crippen MR) is 125 cm³/mol. The standard InChI is InChI=1S/C26H22N2O6/c1-31-19-11-9-18(13-21(19)32-2)27-24-23(17-6-4-3-5-7-17)25(29)28(26(24)30)14-16-8-10-20-22(12-16)34-15-33-20/h3-13,27H,14-15H2,1-2H3. The highest BCUT2D eigenvalue weighted by Crippen LogP contribution is 2.36. The van der Waals surface area contributed by atoms with Gasteiger partial charge < -0.3 is 24.3 Å². The van der Waals surface area contributed by atoms with Crippen LogP contribution in [-0.2, 0) is 16.1 Å². The van der Waals surface area contributed by atoms with Crippen molar-refractivity contribution in [2.75, 3.05) is 26.3 Å². The molecule has 2 amide bonds. The molecule has 2 aliphatic rings. The first-order valence-electron chi connectivity index (χ1n) is 10.6. The number of rotatable bonds is 7. The van der Waals surface area contributed by atoms with Gasteiger partial charge >= 0.3 is 0 Å². The highest BCUT2D eigenvalue weighted by molar-refractivity contribution is 6.36. The van der Waals surface area contributed by atoms with Crippen LogP contribution in [0.4, 0.5) is 5.69 Å². The van der Waals surface area contributed by atoms with Gasteiger partial charge in [-0.05, 0) is 35.4 Å². The van der Waals surface area contributed by atoms with Gasteiger partial charge in [-0.15, -0.1) is 0 Å². The van der Waals surface area contributed by atoms with Gasteiger partial charge in [0.2, 0.25) is 6.79 Å². The minimum Gasteiger partial charge on any atom is -0.493 e. The van der Waals surface area contributed by atoms with Crippen LogP contribution in [0.25, 0.3) is 5.57 Å². The van der Waals surface area contributed by atoms with Gasteiger partial charge in [0.15, 0.2) is 23.0 Å². The molecule has 0 fully saturated rings. The Hall–Kier alpha value is -4.46. The van der Waals surface area contributed by atoms with Crippen LogP contribution in [0.3, 0.4) is 0 Å². The maximum Gasteiger partial charge on any atom is 0.278 e. The molecule has 3 aromatic rings. The number of methoxy groups -OCH3 is 2. The molecule has 172 valence electrons. The summed E-state index contributed by atoms with van der Waals surface area (Å²) in [5.74, 6) is 1.50. The van der Waals surface area contributed by atoms with Gasteiger partial charge in [0.1, 0.15) is 5.70 Å². The summed E-state index contributed by atoms with van der Waals surface area (Å²) in [7, 11) is 3.09. The lowest BCUT2D eigenvalue weighted by molar-refractivity contribution is -0.137. The zero-order valence-electron chi connectivity index (χ0n) is 18.7. The Morgan fingerprint density at radius 3 is 2.38 bits per heavy atom. The van der Waals surface area contributed by atoms with E-state index in [-0.39, 0.29) is 24.9 Å². The smallest absolute Gasteiger partial charge is 0.278 e. The normalized spacial score (nSPS) is 14.6. The van der Waals surface area contributed by atoms with E-state index in [0.29, 0.717) is 39.8 Å². The van der Waals surface area contributed by atoms with E-state index >= 15 is 0 Å². The number of fused-ring (bicyclic) bond motifs is 1. The molecule has 34 heavy (non-hydrogen) atoms. The van der Waals surface area contributed by atoms with Gasteiger partial charge in [-0.25, -0.2) is 0 Å². The Balaban J connectivity index is 1.50. The largest absolute Gasteiger partial charge is 0.493 e. The molecular formula is C26H22N2O6. The van der Waals surface area contributed by atoms with Crippen molar-refractivity contribution >= 4 is 23.1 Å². The van der Waals surface area contributed by atoms with Crippen LogP contribution in [-0.4, -0.2) is 37.7 Å². The van der Waals surface area contributed by atoms with Crippen molar-refractivity contribution in [2.45, 2.75) is 6.54 Å². The van der Waals surface area contributed by atoms with E-state index < -0.39 is 5.91 Å². The van der Waals surface area contributed by atoms with E-state index in [1.54, 1.807) is 49.6 Å². The van der Waals surface area contributed by atoms with Gasteiger partial charge in [-0.1, -0.05) is 36.4 Å². The van der Waals surface area contributed by atoms with Gasteiger partial charge in [-0.2, -0.15) is 0 Å². The molecule has 0 saturated heterocycles. The second-order valence-electron chi connectivity index (χ2n) is 7.69. The lowest BCUT2D eigenvalue weighted by Gasteiger charge is -2.16. The fraction of sp³-hybridized carbons (Fsp3) is 0.154. The second kappa shape index (κ2) is 8.82. The molecule has 8 heteroatoms. The third-order valence-electron chi connectivity index (χ3n) is 5.66. The topological polar surface area (TPSA) is 86.3 Å². The third-order valence-corrected chi connectivity index (χ3v) is 5.66. The molecule has 0 saturated carbocycles. The summed E-state index contributed by atoms with van der Waals surface area (Å²) in [4.78, 5) is 28.2. The first kappa shape index (κ1) is 21.4. The van der Waals surface area contributed by atoms with Gasteiger partial charge in [0, 0.05) is 11.8 Å². The van der Waals surface area contributed by atoms with Crippen molar-refractivity contribution < 1.29 is 28.5 Å². The molecule has 3 aromatic carbocycles. The molecule has 0 atom stereocenters. The molecule has 0 spiro atoms. The van der Waals surface area contributed by atoms with Crippen molar-refractivity contribution in [3.8, 4) is 23.0 Å². The molecule has 1 N–H and O–H groups in total. The molecule has 5 rings (SSSR count). The average molecular weight is 458 g/mol. The summed E-state index contributed by atoms with van der Waals surface area (Å²) in [5, 5.41) is 3.14. The van der Waals surface area contributed by atoms with E-state index in [0.717, 1.165) is 5.56 Å². The average Bonchev–Trinajstić information content (AvgIpc) is 3.42. The molecule has 0 radical (unpaired) electrons. The highest BCUT2D eigenvalue weighted by Gasteiger charge is 2.39. The molecule has 2 aliphatic heterocycles. The molecule has 0 aliphatic carbocycles. The Bertz CT molecular complexity index is 1300. The first-order chi connectivity index (χ1) is 16.6. The molecule has 8 nitrogen and oxygen atoms in total. The van der Waals surface area contributed by atoms with E-state index in [4.69, 9.17) is 18.9 Å². The van der Waals surface area contributed by atoms with Crippen LogP contribution < -0.4 is 24.3 Å². The van der Waals surface area contributed by atoms with E-state index in [9.17, 15) is 9.59 Å². The van der Waals surface area contributed by atoms with Gasteiger partial charge in [0.25, 0.3) is 11.8 Å². The number of ether oxygens (including phenoxy) is 4. The third kappa shape index (κ3) is 3.79. The number of nitrogens with one attached hydrogen (secondary N) is 1. The Labute approximate surface area is 196 Å². The Morgan fingerprint density at radius 1 is 0.853 bits per heavy atom. The number of carbonyl (C=O) groups excluding carboxylic acids is 2. The summed E-state index contributed by atoms with van der Waals surface area (Å²) in [6.07, 6.45) is 0. The number of carbonyl (C=O) groups is 2. The lowest BCUT2D eigenvalue weighted by atomic mass is 10.0. The van der Waals surface area contributed by atoms with Crippen molar-refractivity contribution in [3.05, 3.63) is 83.6 Å². The summed E-state index contributed by atoms with van der Waals surface area (Å²) >= 11 is 0. The van der Waals surface area contributed by atoms with E-state index in [1.807, 2.05) is 24.3 Å². The summed E-state index contributed by atoms with van der Waals surface area (Å²) in [5.41, 5.74) is 2.50. The number of amides is 2. The molecule has 0 bridgehead atoms. The van der Waals surface area contributed by atoms with Crippen molar-refractivity contribution in [2.24, 2.45) is 0 Å². The fourth-order valence-corrected chi connectivity index (χ4v) is 3.99. The van der Waals surface area contributed by atoms with Gasteiger partial charge in [-0.3, -0.25) is 14.5 Å². The van der Waals surface area contributed by atoms with Crippen LogP contribution in [0.15, 0.2) is 72.4 Å². The number of hydrogen-bond acceptors (Lipinski definition) is 7. The van der Waals surface area contributed by atoms with Crippen molar-refractivity contribution in [1.29, 1.82) is 0 Å². The van der Waals surface area contributed by atoms with E-state index in [2.05, 4.69) is 5.32 Å². The van der Waals surface area contributed by atoms with Crippen LogP contribution in [0, 0.1) is 0 Å². The summed E-state index contributed by atoms with van der Waals surface area (Å²) in [6, 6.07) is 19.7. The zero-order chi connectivity index (χ0) is 23.7. The maximum absolute atomic E-state index is 13.5. The number of imide groups is 1. The number of nitrogens with zero attached hydrogens (tertiary/aromatic N) is 1. The van der Waals surface area contributed by atoms with Crippen LogP contribution in [0.1, 0.15) is 11.1 Å². The maximum atomic E-state index is 13.5. The van der Waals surface area contributed by atoms with Crippen molar-refractivity contribution in [3.63, 3.8) is 0 Å². The van der Waals surface area contributed by atoms with Crippen LogP contribution in [0.5, 0.6) is 23.0 Å².